The third-order valence-electron chi connectivity index (χ3n) is 2.67. The van der Waals surface area contributed by atoms with Gasteiger partial charge in [-0.2, -0.15) is 0 Å². The molecule has 0 radical (unpaired) electrons. The molecule has 0 atom stereocenters. The summed E-state index contributed by atoms with van der Waals surface area (Å²) < 4.78 is 0. The molecule has 0 amide bonds. The van der Waals surface area contributed by atoms with E-state index in [2.05, 4.69) is 20.3 Å². The Morgan fingerprint density at radius 1 is 0.850 bits per heavy atom. The Labute approximate surface area is 121 Å². The maximum Gasteiger partial charge on any atom is 0.227 e. The fourth-order valence-corrected chi connectivity index (χ4v) is 1.92. The number of nitrogens with zero attached hydrogens (tertiary/aromatic N) is 3. The van der Waals surface area contributed by atoms with E-state index in [1.54, 1.807) is 30.6 Å². The molecule has 2 heterocycles. The first kappa shape index (κ1) is 12.6. The summed E-state index contributed by atoms with van der Waals surface area (Å²) in [6, 6.07) is 15.1. The van der Waals surface area contributed by atoms with Crippen LogP contribution in [0.3, 0.4) is 0 Å². The van der Waals surface area contributed by atoms with E-state index in [0.29, 0.717) is 11.0 Å². The molecular formula is C15H11ClN4. The first-order valence-corrected chi connectivity index (χ1v) is 6.46. The minimum absolute atomic E-state index is 0.524. The molecule has 0 aliphatic rings. The molecule has 0 unspecified atom stereocenters. The van der Waals surface area contributed by atoms with Crippen molar-refractivity contribution in [1.82, 2.24) is 15.0 Å². The lowest BCUT2D eigenvalue weighted by Crippen LogP contribution is -1.98. The molecule has 5 heteroatoms. The highest BCUT2D eigenvalue weighted by molar-refractivity contribution is 6.30. The van der Waals surface area contributed by atoms with Crippen LogP contribution in [0.5, 0.6) is 0 Å². The maximum absolute atomic E-state index is 5.97. The van der Waals surface area contributed by atoms with Crippen molar-refractivity contribution < 1.29 is 0 Å². The summed E-state index contributed by atoms with van der Waals surface area (Å²) in [5.41, 5.74) is 2.38. The van der Waals surface area contributed by atoms with Gasteiger partial charge in [-0.1, -0.05) is 29.8 Å². The van der Waals surface area contributed by atoms with E-state index in [0.717, 1.165) is 17.1 Å². The van der Waals surface area contributed by atoms with Gasteiger partial charge in [-0.25, -0.2) is 9.97 Å². The molecule has 98 valence electrons. The number of hydrogen-bond donors (Lipinski definition) is 1. The Hall–Kier alpha value is -2.46. The maximum atomic E-state index is 5.97. The van der Waals surface area contributed by atoms with Gasteiger partial charge in [0.05, 0.1) is 11.4 Å². The monoisotopic (exact) mass is 282 g/mol. The van der Waals surface area contributed by atoms with E-state index in [1.165, 1.54) is 0 Å². The third kappa shape index (κ3) is 2.92. The van der Waals surface area contributed by atoms with Crippen molar-refractivity contribution in [2.24, 2.45) is 0 Å². The molecule has 3 rings (SSSR count). The Morgan fingerprint density at radius 3 is 2.45 bits per heavy atom. The fraction of sp³-hybridized carbons (Fsp3) is 0. The lowest BCUT2D eigenvalue weighted by molar-refractivity contribution is 1.15. The molecule has 3 aromatic rings. The van der Waals surface area contributed by atoms with Gasteiger partial charge in [0.15, 0.2) is 0 Å². The van der Waals surface area contributed by atoms with Gasteiger partial charge in [0.1, 0.15) is 0 Å². The van der Waals surface area contributed by atoms with Gasteiger partial charge < -0.3 is 5.32 Å². The van der Waals surface area contributed by atoms with Crippen LogP contribution in [0.1, 0.15) is 0 Å². The second-order valence-electron chi connectivity index (χ2n) is 4.12. The lowest BCUT2D eigenvalue weighted by Gasteiger charge is -2.06. The summed E-state index contributed by atoms with van der Waals surface area (Å²) in [6.45, 7) is 0. The quantitative estimate of drug-likeness (QED) is 0.790. The molecule has 20 heavy (non-hydrogen) atoms. The molecule has 0 aliphatic heterocycles. The number of pyridine rings is 1. The van der Waals surface area contributed by atoms with Crippen LogP contribution in [0.15, 0.2) is 60.9 Å². The molecule has 4 nitrogen and oxygen atoms in total. The molecule has 0 bridgehead atoms. The van der Waals surface area contributed by atoms with E-state index in [4.69, 9.17) is 11.6 Å². The van der Waals surface area contributed by atoms with Gasteiger partial charge in [-0.3, -0.25) is 4.98 Å². The SMILES string of the molecule is Clc1ccnc(-c2ccnc(Nc3ccccc3)n2)c1. The van der Waals surface area contributed by atoms with E-state index in [1.807, 2.05) is 30.3 Å². The highest BCUT2D eigenvalue weighted by Crippen LogP contribution is 2.20. The van der Waals surface area contributed by atoms with Crippen LogP contribution in [-0.2, 0) is 0 Å². The molecule has 1 N–H and O–H groups in total. The van der Waals surface area contributed by atoms with Crippen LogP contribution in [0.4, 0.5) is 11.6 Å². The van der Waals surface area contributed by atoms with Crippen LogP contribution in [0, 0.1) is 0 Å². The smallest absolute Gasteiger partial charge is 0.227 e. The van der Waals surface area contributed by atoms with Gasteiger partial charge in [0.25, 0.3) is 0 Å². The van der Waals surface area contributed by atoms with Crippen molar-refractivity contribution in [2.45, 2.75) is 0 Å². The predicted octanol–water partition coefficient (Wildman–Crippen LogP) is 3.94. The second-order valence-corrected chi connectivity index (χ2v) is 4.55. The zero-order valence-corrected chi connectivity index (χ0v) is 11.2. The predicted molar refractivity (Wildman–Crippen MR) is 80.0 cm³/mol. The standard InChI is InChI=1S/C15H11ClN4/c16-11-6-8-17-14(10-11)13-7-9-18-15(20-13)19-12-4-2-1-3-5-12/h1-10H,(H,18,19,20). The number of nitrogens with one attached hydrogen (secondary N) is 1. The van der Waals surface area contributed by atoms with Crippen LogP contribution in [-0.4, -0.2) is 15.0 Å². The Kier molecular flexibility index (Phi) is 3.56. The van der Waals surface area contributed by atoms with Crippen molar-refractivity contribution in [3.05, 3.63) is 65.9 Å². The van der Waals surface area contributed by atoms with E-state index >= 15 is 0 Å². The van der Waals surface area contributed by atoms with Gasteiger partial charge in [-0.15, -0.1) is 0 Å². The molecule has 0 saturated carbocycles. The highest BCUT2D eigenvalue weighted by atomic mass is 35.5. The van der Waals surface area contributed by atoms with E-state index < -0.39 is 0 Å². The van der Waals surface area contributed by atoms with Crippen LogP contribution in [0.2, 0.25) is 5.02 Å². The number of halogens is 1. The minimum Gasteiger partial charge on any atom is -0.324 e. The summed E-state index contributed by atoms with van der Waals surface area (Å²) in [5, 5.41) is 3.78. The summed E-state index contributed by atoms with van der Waals surface area (Å²) >= 11 is 5.97. The van der Waals surface area contributed by atoms with Crippen LogP contribution < -0.4 is 5.32 Å². The first-order chi connectivity index (χ1) is 9.81. The lowest BCUT2D eigenvalue weighted by atomic mass is 10.2. The Bertz CT molecular complexity index is 716. The van der Waals surface area contributed by atoms with Crippen molar-refractivity contribution in [1.29, 1.82) is 0 Å². The van der Waals surface area contributed by atoms with Gasteiger partial charge in [0, 0.05) is 23.1 Å². The van der Waals surface area contributed by atoms with Gasteiger partial charge in [-0.05, 0) is 30.3 Å². The second kappa shape index (κ2) is 5.67. The Morgan fingerprint density at radius 2 is 1.65 bits per heavy atom. The van der Waals surface area contributed by atoms with Crippen LogP contribution in [0.25, 0.3) is 11.4 Å². The molecule has 0 fully saturated rings. The number of hydrogen-bond acceptors (Lipinski definition) is 4. The molecular weight excluding hydrogens is 272 g/mol. The van der Waals surface area contributed by atoms with Crippen molar-refractivity contribution >= 4 is 23.2 Å². The average Bonchev–Trinajstić information content (AvgIpc) is 2.49. The molecule has 2 aromatic heterocycles. The fourth-order valence-electron chi connectivity index (χ4n) is 1.76. The van der Waals surface area contributed by atoms with Crippen molar-refractivity contribution in [2.75, 3.05) is 5.32 Å². The van der Waals surface area contributed by atoms with E-state index in [-0.39, 0.29) is 0 Å². The minimum atomic E-state index is 0.524. The molecule has 1 aromatic carbocycles. The zero-order chi connectivity index (χ0) is 13.8. The number of benzene rings is 1. The number of para-hydroxylation sites is 1. The van der Waals surface area contributed by atoms with E-state index in [9.17, 15) is 0 Å². The Balaban J connectivity index is 1.90. The highest BCUT2D eigenvalue weighted by Gasteiger charge is 2.04. The van der Waals surface area contributed by atoms with Gasteiger partial charge in [0.2, 0.25) is 5.95 Å². The van der Waals surface area contributed by atoms with Gasteiger partial charge >= 0.3 is 0 Å². The summed E-state index contributed by atoms with van der Waals surface area (Å²) in [6.07, 6.45) is 3.35. The number of aromatic nitrogens is 3. The zero-order valence-electron chi connectivity index (χ0n) is 10.5. The molecule has 0 spiro atoms. The first-order valence-electron chi connectivity index (χ1n) is 6.08. The number of rotatable bonds is 3. The van der Waals surface area contributed by atoms with Crippen molar-refractivity contribution in [3.63, 3.8) is 0 Å². The molecule has 0 aliphatic carbocycles. The summed E-state index contributed by atoms with van der Waals surface area (Å²) in [7, 11) is 0. The normalized spacial score (nSPS) is 10.2. The van der Waals surface area contributed by atoms with Crippen LogP contribution >= 0.6 is 11.6 Å². The topological polar surface area (TPSA) is 50.7 Å². The van der Waals surface area contributed by atoms with Crippen molar-refractivity contribution in [3.8, 4) is 11.4 Å². The molecule has 0 saturated heterocycles. The number of anilines is 2. The summed E-state index contributed by atoms with van der Waals surface area (Å²) in [5.74, 6) is 0.524. The third-order valence-corrected chi connectivity index (χ3v) is 2.91. The average molecular weight is 283 g/mol. The summed E-state index contributed by atoms with van der Waals surface area (Å²) in [4.78, 5) is 12.9. The largest absolute Gasteiger partial charge is 0.324 e.